The maximum atomic E-state index is 14.3. The topological polar surface area (TPSA) is 166 Å². The summed E-state index contributed by atoms with van der Waals surface area (Å²) in [7, 11) is 0. The summed E-state index contributed by atoms with van der Waals surface area (Å²) in [6, 6.07) is 6.10. The number of fused-ring (bicyclic) bond motifs is 1. The molecule has 5 N–H and O–H groups in total. The fraction of sp³-hybridized carbons (Fsp3) is 0.684. The van der Waals surface area contributed by atoms with Crippen LogP contribution in [0.5, 0.6) is 0 Å². The molecule has 1 aromatic rings. The Balaban J connectivity index is 1.24. The highest BCUT2D eigenvalue weighted by molar-refractivity contribution is 6.38. The minimum Gasteiger partial charge on any atom is -0.350 e. The van der Waals surface area contributed by atoms with Crippen LogP contribution in [-0.2, 0) is 30.5 Å². The Morgan fingerprint density at radius 2 is 1.56 bits per heavy atom. The largest absolute Gasteiger partial charge is 0.350 e. The minimum atomic E-state index is -1.08. The molecular formula is C38H56N6O6. The van der Waals surface area contributed by atoms with E-state index in [-0.39, 0.29) is 47.7 Å². The van der Waals surface area contributed by atoms with Gasteiger partial charge in [0.05, 0.1) is 12.6 Å². The molecule has 1 saturated heterocycles. The standard InChI is InChI=1S/C38H56N6O6/c1-36(2,3)31(42-35(50)43-38(6)17-11-8-12-18-38)34(49)44-22-25-28(37(25,4)5)29(44)32(47)41-26(19-23-15-16-23)30(46)33(48)40-21-27(45)39-20-24-13-9-7-10-14-24/h7,9-10,13-14,23,25-26,28-29,31H,8,11-12,15-22H2,1-6H3,(H,39,45)(H,40,48)(H,41,47)(H2,42,43,50)/t25-,26-,28-,29-,31+/m0/s1. The zero-order chi connectivity index (χ0) is 36.4. The number of hydrogen-bond acceptors (Lipinski definition) is 6. The first kappa shape index (κ1) is 37.3. The van der Waals surface area contributed by atoms with Gasteiger partial charge in [-0.15, -0.1) is 0 Å². The van der Waals surface area contributed by atoms with E-state index in [0.29, 0.717) is 13.0 Å². The smallest absolute Gasteiger partial charge is 0.315 e. The predicted octanol–water partition coefficient (Wildman–Crippen LogP) is 3.19. The number of urea groups is 1. The summed E-state index contributed by atoms with van der Waals surface area (Å²) >= 11 is 0. The van der Waals surface area contributed by atoms with E-state index in [9.17, 15) is 28.8 Å². The highest BCUT2D eigenvalue weighted by atomic mass is 16.2. The molecule has 1 heterocycles. The number of amides is 6. The van der Waals surface area contributed by atoms with Crippen molar-refractivity contribution < 1.29 is 28.8 Å². The summed E-state index contributed by atoms with van der Waals surface area (Å²) in [5, 5.41) is 14.1. The van der Waals surface area contributed by atoms with E-state index >= 15 is 0 Å². The van der Waals surface area contributed by atoms with Gasteiger partial charge in [-0.25, -0.2) is 4.79 Å². The number of benzene rings is 1. The third-order valence-corrected chi connectivity index (χ3v) is 11.4. The van der Waals surface area contributed by atoms with Crippen molar-refractivity contribution in [3.05, 3.63) is 35.9 Å². The summed E-state index contributed by atoms with van der Waals surface area (Å²) in [4.78, 5) is 82.2. The van der Waals surface area contributed by atoms with Gasteiger partial charge in [0.1, 0.15) is 12.1 Å². The number of hydrogen-bond donors (Lipinski definition) is 5. The molecule has 1 aromatic carbocycles. The zero-order valence-corrected chi connectivity index (χ0v) is 30.5. The number of likely N-dealkylation sites (tertiary alicyclic amines) is 1. The van der Waals surface area contributed by atoms with E-state index < -0.39 is 53.1 Å². The van der Waals surface area contributed by atoms with Crippen LogP contribution < -0.4 is 26.6 Å². The van der Waals surface area contributed by atoms with Gasteiger partial charge in [0, 0.05) is 18.6 Å². The number of ketones is 1. The Labute approximate surface area is 296 Å². The second-order valence-electron chi connectivity index (χ2n) is 17.0. The lowest BCUT2D eigenvalue weighted by atomic mass is 9.83. The number of Topliss-reactive ketones (excluding diaryl/α,β-unsaturated/α-hetero) is 1. The highest BCUT2D eigenvalue weighted by Crippen LogP contribution is 2.65. The first-order valence-corrected chi connectivity index (χ1v) is 18.3. The fourth-order valence-electron chi connectivity index (χ4n) is 7.97. The summed E-state index contributed by atoms with van der Waals surface area (Å²) in [5.41, 5.74) is -0.271. The molecule has 12 heteroatoms. The lowest BCUT2D eigenvalue weighted by Crippen LogP contribution is -2.62. The molecule has 0 spiro atoms. The van der Waals surface area contributed by atoms with Crippen molar-refractivity contribution in [3.63, 3.8) is 0 Å². The Bertz CT molecular complexity index is 1460. The molecule has 6 amide bonds. The van der Waals surface area contributed by atoms with E-state index in [1.54, 1.807) is 4.90 Å². The van der Waals surface area contributed by atoms with Crippen LogP contribution in [0.3, 0.4) is 0 Å². The second-order valence-corrected chi connectivity index (χ2v) is 17.0. The molecule has 3 saturated carbocycles. The Kier molecular flexibility index (Phi) is 11.0. The van der Waals surface area contributed by atoms with Gasteiger partial charge >= 0.3 is 6.03 Å². The molecule has 1 aliphatic heterocycles. The van der Waals surface area contributed by atoms with Crippen LogP contribution in [0.25, 0.3) is 0 Å². The van der Waals surface area contributed by atoms with Gasteiger partial charge in [0.15, 0.2) is 0 Å². The van der Waals surface area contributed by atoms with Crippen molar-refractivity contribution in [3.8, 4) is 0 Å². The van der Waals surface area contributed by atoms with Crippen LogP contribution in [0.4, 0.5) is 4.79 Å². The van der Waals surface area contributed by atoms with Crippen LogP contribution in [0, 0.1) is 28.6 Å². The molecule has 3 aliphatic carbocycles. The van der Waals surface area contributed by atoms with Crippen LogP contribution in [-0.4, -0.2) is 77.1 Å². The minimum absolute atomic E-state index is 0.0908. The van der Waals surface area contributed by atoms with Crippen molar-refractivity contribution in [2.24, 2.45) is 28.6 Å². The van der Waals surface area contributed by atoms with Crippen LogP contribution in [0.2, 0.25) is 0 Å². The van der Waals surface area contributed by atoms with Gasteiger partial charge in [-0.1, -0.05) is 97.1 Å². The van der Waals surface area contributed by atoms with E-state index in [4.69, 9.17) is 0 Å². The highest BCUT2D eigenvalue weighted by Gasteiger charge is 2.70. The monoisotopic (exact) mass is 692 g/mol. The first-order valence-electron chi connectivity index (χ1n) is 18.3. The van der Waals surface area contributed by atoms with Gasteiger partial charge in [-0.2, -0.15) is 0 Å². The molecule has 50 heavy (non-hydrogen) atoms. The van der Waals surface area contributed by atoms with Gasteiger partial charge in [0.25, 0.3) is 5.91 Å². The van der Waals surface area contributed by atoms with Crippen molar-refractivity contribution in [1.82, 2.24) is 31.5 Å². The average molecular weight is 693 g/mol. The number of piperidine rings is 1. The van der Waals surface area contributed by atoms with Crippen molar-refractivity contribution in [2.45, 2.75) is 123 Å². The van der Waals surface area contributed by atoms with Gasteiger partial charge < -0.3 is 31.5 Å². The van der Waals surface area contributed by atoms with E-state index in [1.807, 2.05) is 58.0 Å². The number of nitrogens with one attached hydrogen (secondary N) is 5. The fourth-order valence-corrected chi connectivity index (χ4v) is 7.97. The van der Waals surface area contributed by atoms with Crippen LogP contribution >= 0.6 is 0 Å². The molecule has 0 radical (unpaired) electrons. The molecule has 5 rings (SSSR count). The van der Waals surface area contributed by atoms with E-state index in [0.717, 1.165) is 50.5 Å². The maximum absolute atomic E-state index is 14.3. The molecular weight excluding hydrogens is 636 g/mol. The normalized spacial score (nSPS) is 24.5. The Morgan fingerprint density at radius 1 is 0.900 bits per heavy atom. The van der Waals surface area contributed by atoms with E-state index in [2.05, 4.69) is 40.4 Å². The average Bonchev–Trinajstić information content (AvgIpc) is 3.91. The van der Waals surface area contributed by atoms with Crippen molar-refractivity contribution >= 4 is 35.4 Å². The van der Waals surface area contributed by atoms with Crippen LogP contribution in [0.1, 0.15) is 98.5 Å². The molecule has 0 unspecified atom stereocenters. The predicted molar refractivity (Wildman–Crippen MR) is 188 cm³/mol. The van der Waals surface area contributed by atoms with Gasteiger partial charge in [-0.05, 0) is 60.3 Å². The van der Waals surface area contributed by atoms with Crippen LogP contribution in [0.15, 0.2) is 30.3 Å². The molecule has 4 aliphatic rings. The Hall–Kier alpha value is -3.96. The third kappa shape index (κ3) is 8.84. The first-order chi connectivity index (χ1) is 23.5. The second kappa shape index (κ2) is 14.7. The van der Waals surface area contributed by atoms with Gasteiger partial charge in [-0.3, -0.25) is 24.0 Å². The van der Waals surface area contributed by atoms with E-state index in [1.165, 1.54) is 0 Å². The summed E-state index contributed by atoms with van der Waals surface area (Å²) in [6.07, 6.45) is 7.08. The summed E-state index contributed by atoms with van der Waals surface area (Å²) < 4.78 is 0. The summed E-state index contributed by atoms with van der Waals surface area (Å²) in [6.45, 7) is 12.1. The molecule has 5 atom stereocenters. The molecule has 12 nitrogen and oxygen atoms in total. The molecule has 0 bridgehead atoms. The van der Waals surface area contributed by atoms with Crippen molar-refractivity contribution in [2.75, 3.05) is 13.1 Å². The maximum Gasteiger partial charge on any atom is 0.315 e. The summed E-state index contributed by atoms with van der Waals surface area (Å²) in [5.74, 6) is -2.84. The third-order valence-electron chi connectivity index (χ3n) is 11.4. The quantitative estimate of drug-likeness (QED) is 0.199. The SMILES string of the molecule is CC1(NC(=O)N[C@H](C(=O)N2C[C@H]3[C@@H]([C@H]2C(=O)N[C@@H](CC2CC2)C(=O)C(=O)NCC(=O)NCc2ccccc2)C3(C)C)C(C)(C)C)CCCCC1. The number of rotatable bonds is 13. The lowest BCUT2D eigenvalue weighted by Gasteiger charge is -2.39. The molecule has 0 aromatic heterocycles. The number of carbonyl (C=O) groups excluding carboxylic acids is 6. The number of nitrogens with zero attached hydrogens (tertiary/aromatic N) is 1. The lowest BCUT2D eigenvalue weighted by molar-refractivity contribution is -0.145. The molecule has 274 valence electrons. The number of carbonyl (C=O) groups is 6. The van der Waals surface area contributed by atoms with Crippen molar-refractivity contribution in [1.29, 1.82) is 0 Å². The zero-order valence-electron chi connectivity index (χ0n) is 30.5. The Morgan fingerprint density at radius 3 is 2.18 bits per heavy atom. The van der Waals surface area contributed by atoms with Gasteiger partial charge in [0.2, 0.25) is 23.5 Å². The molecule has 4 fully saturated rings.